The number of halogens is 2. The summed E-state index contributed by atoms with van der Waals surface area (Å²) in [6.07, 6.45) is 0. The summed E-state index contributed by atoms with van der Waals surface area (Å²) >= 11 is 0. The molecule has 0 fully saturated rings. The highest BCUT2D eigenvalue weighted by molar-refractivity contribution is 7.54. The molecule has 2 rings (SSSR count). The zero-order valence-corrected chi connectivity index (χ0v) is 13.9. The first-order valence-electron chi connectivity index (χ1n) is 7.16. The van der Waals surface area contributed by atoms with Crippen LogP contribution >= 0.6 is 7.60 Å². The average molecular weight is 359 g/mol. The number of nitrogens with zero attached hydrogens (tertiary/aromatic N) is 1. The summed E-state index contributed by atoms with van der Waals surface area (Å²) in [7, 11) is -4.77. The number of rotatable bonds is 7. The highest BCUT2D eigenvalue weighted by atomic mass is 31.2. The predicted octanol–water partition coefficient (Wildman–Crippen LogP) is 4.25. The molecule has 0 atom stereocenters. The number of fused-ring (bicyclic) bond motifs is 1. The molecule has 0 unspecified atom stereocenters. The smallest absolute Gasteiger partial charge is 0.406 e. The van der Waals surface area contributed by atoms with Gasteiger partial charge in [0.2, 0.25) is 0 Å². The van der Waals surface area contributed by atoms with Crippen molar-refractivity contribution in [1.82, 2.24) is 4.98 Å². The van der Waals surface area contributed by atoms with Gasteiger partial charge in [0.25, 0.3) is 0 Å². The standard InChI is InChI=1S/C15H16F2NO5P/c1-3-22-24(21,23-4-2)15(16,17)13-8-7-10-5-6-11(14(19)20)9-12(10)18-13/h5-9H,3-4H2,1-2H3,(H,19,20). The first-order chi connectivity index (χ1) is 11.2. The van der Waals surface area contributed by atoms with Crippen LogP contribution in [0.1, 0.15) is 29.9 Å². The summed E-state index contributed by atoms with van der Waals surface area (Å²) in [5.41, 5.74) is -4.81. The van der Waals surface area contributed by atoms with Gasteiger partial charge in [-0.3, -0.25) is 4.57 Å². The van der Waals surface area contributed by atoms with Gasteiger partial charge in [-0.05, 0) is 32.0 Å². The molecule has 24 heavy (non-hydrogen) atoms. The lowest BCUT2D eigenvalue weighted by Gasteiger charge is -2.25. The van der Waals surface area contributed by atoms with Crippen LogP contribution in [-0.4, -0.2) is 29.3 Å². The second-order valence-corrected chi connectivity index (χ2v) is 6.86. The average Bonchev–Trinajstić information content (AvgIpc) is 2.54. The van der Waals surface area contributed by atoms with Crippen LogP contribution in [0.15, 0.2) is 30.3 Å². The summed E-state index contributed by atoms with van der Waals surface area (Å²) in [5, 5.41) is 9.46. The molecule has 9 heteroatoms. The molecule has 2 aromatic rings. The number of aromatic nitrogens is 1. The number of aromatic carboxylic acids is 1. The maximum Gasteiger partial charge on any atom is 0.406 e. The second-order valence-electron chi connectivity index (χ2n) is 4.78. The molecular weight excluding hydrogens is 343 g/mol. The molecule has 0 saturated heterocycles. The Hall–Kier alpha value is -1.89. The number of hydrogen-bond acceptors (Lipinski definition) is 5. The summed E-state index contributed by atoms with van der Waals surface area (Å²) in [6.45, 7) is 2.41. The first-order valence-corrected chi connectivity index (χ1v) is 8.71. The lowest BCUT2D eigenvalue weighted by atomic mass is 10.1. The lowest BCUT2D eigenvalue weighted by molar-refractivity contribution is 0.0326. The largest absolute Gasteiger partial charge is 0.478 e. The molecule has 0 spiro atoms. The van der Waals surface area contributed by atoms with Gasteiger partial charge >= 0.3 is 19.2 Å². The maximum absolute atomic E-state index is 14.7. The molecular formula is C15H16F2NO5P. The van der Waals surface area contributed by atoms with Crippen LogP contribution in [0.25, 0.3) is 10.9 Å². The summed E-state index contributed by atoms with van der Waals surface area (Å²) in [6, 6.07) is 6.34. The first kappa shape index (κ1) is 18.4. The van der Waals surface area contributed by atoms with Gasteiger partial charge in [0.15, 0.2) is 0 Å². The fraction of sp³-hybridized carbons (Fsp3) is 0.333. The summed E-state index contributed by atoms with van der Waals surface area (Å²) in [4.78, 5) is 14.8. The molecule has 1 aromatic heterocycles. The van der Waals surface area contributed by atoms with Crippen LogP contribution < -0.4 is 0 Å². The van der Waals surface area contributed by atoms with Crippen molar-refractivity contribution >= 4 is 24.5 Å². The van der Waals surface area contributed by atoms with Gasteiger partial charge in [-0.15, -0.1) is 0 Å². The number of carboxylic acid groups (broad SMARTS) is 1. The lowest BCUT2D eigenvalue weighted by Crippen LogP contribution is -2.19. The number of pyridine rings is 1. The molecule has 0 aliphatic rings. The van der Waals surface area contributed by atoms with Crippen LogP contribution in [-0.2, 0) is 19.3 Å². The van der Waals surface area contributed by atoms with E-state index in [0.29, 0.717) is 5.39 Å². The van der Waals surface area contributed by atoms with Crippen molar-refractivity contribution in [2.45, 2.75) is 19.5 Å². The summed E-state index contributed by atoms with van der Waals surface area (Å²) in [5.74, 6) is -1.20. The quantitative estimate of drug-likeness (QED) is 0.744. The van der Waals surface area contributed by atoms with Gasteiger partial charge < -0.3 is 14.2 Å². The fourth-order valence-electron chi connectivity index (χ4n) is 2.10. The predicted molar refractivity (Wildman–Crippen MR) is 83.5 cm³/mol. The Morgan fingerprint density at radius 1 is 1.21 bits per heavy atom. The number of alkyl halides is 2. The molecule has 130 valence electrons. The molecule has 0 aliphatic heterocycles. The van der Waals surface area contributed by atoms with E-state index in [-0.39, 0.29) is 24.3 Å². The van der Waals surface area contributed by atoms with Crippen LogP contribution in [0, 0.1) is 0 Å². The molecule has 1 aromatic carbocycles. The Balaban J connectivity index is 2.56. The number of carboxylic acids is 1. The normalized spacial score (nSPS) is 12.5. The molecule has 1 heterocycles. The van der Waals surface area contributed by atoms with Crippen LogP contribution in [0.5, 0.6) is 0 Å². The van der Waals surface area contributed by atoms with Crippen molar-refractivity contribution in [3.63, 3.8) is 0 Å². The highest BCUT2D eigenvalue weighted by Crippen LogP contribution is 2.66. The van der Waals surface area contributed by atoms with Gasteiger partial charge in [-0.1, -0.05) is 12.1 Å². The zero-order valence-electron chi connectivity index (χ0n) is 13.0. The van der Waals surface area contributed by atoms with Crippen molar-refractivity contribution in [3.05, 3.63) is 41.6 Å². The van der Waals surface area contributed by atoms with Crippen molar-refractivity contribution < 1.29 is 32.3 Å². The molecule has 0 amide bonds. The number of hydrogen-bond donors (Lipinski definition) is 1. The Kier molecular flexibility index (Phi) is 5.32. The molecule has 0 saturated carbocycles. The van der Waals surface area contributed by atoms with Gasteiger partial charge in [0.1, 0.15) is 5.69 Å². The third kappa shape index (κ3) is 3.31. The number of carbonyl (C=O) groups is 1. The fourth-order valence-corrected chi connectivity index (χ4v) is 3.58. The van der Waals surface area contributed by atoms with E-state index >= 15 is 0 Å². The molecule has 1 N–H and O–H groups in total. The Morgan fingerprint density at radius 2 is 1.79 bits per heavy atom. The minimum absolute atomic E-state index is 0.0478. The Bertz CT molecular complexity index is 802. The van der Waals surface area contributed by atoms with Gasteiger partial charge in [-0.2, -0.15) is 8.78 Å². The third-order valence-corrected chi connectivity index (χ3v) is 5.30. The van der Waals surface area contributed by atoms with Crippen molar-refractivity contribution in [2.75, 3.05) is 13.2 Å². The summed E-state index contributed by atoms with van der Waals surface area (Å²) < 4.78 is 51.2. The van der Waals surface area contributed by atoms with Gasteiger partial charge in [0, 0.05) is 5.39 Å². The van der Waals surface area contributed by atoms with Crippen LogP contribution in [0.4, 0.5) is 8.78 Å². The van der Waals surface area contributed by atoms with E-state index in [4.69, 9.17) is 14.2 Å². The topological polar surface area (TPSA) is 85.7 Å². The van der Waals surface area contributed by atoms with E-state index in [1.54, 1.807) is 0 Å². The molecule has 0 bridgehead atoms. The minimum atomic E-state index is -4.77. The SMILES string of the molecule is CCOP(=O)(OCC)C(F)(F)c1ccc2ccc(C(=O)O)cc2n1. The van der Waals surface area contributed by atoms with Crippen molar-refractivity contribution in [2.24, 2.45) is 0 Å². The monoisotopic (exact) mass is 359 g/mol. The van der Waals surface area contributed by atoms with E-state index in [1.165, 1.54) is 38.1 Å². The molecule has 6 nitrogen and oxygen atoms in total. The van der Waals surface area contributed by atoms with E-state index in [2.05, 4.69) is 4.98 Å². The third-order valence-electron chi connectivity index (χ3n) is 3.19. The Labute approximate surface area is 136 Å². The number of benzene rings is 1. The highest BCUT2D eigenvalue weighted by Gasteiger charge is 2.56. The van der Waals surface area contributed by atoms with Crippen molar-refractivity contribution in [1.29, 1.82) is 0 Å². The van der Waals surface area contributed by atoms with Gasteiger partial charge in [-0.25, -0.2) is 9.78 Å². The van der Waals surface area contributed by atoms with Gasteiger partial charge in [0.05, 0.1) is 24.3 Å². The van der Waals surface area contributed by atoms with Crippen LogP contribution in [0.2, 0.25) is 0 Å². The Morgan fingerprint density at radius 3 is 2.33 bits per heavy atom. The van der Waals surface area contributed by atoms with E-state index < -0.39 is 24.9 Å². The van der Waals surface area contributed by atoms with Crippen LogP contribution in [0.3, 0.4) is 0 Å². The van der Waals surface area contributed by atoms with E-state index in [9.17, 15) is 18.1 Å². The molecule has 0 radical (unpaired) electrons. The van der Waals surface area contributed by atoms with E-state index in [0.717, 1.165) is 6.07 Å². The zero-order chi connectivity index (χ0) is 18.0. The second kappa shape index (κ2) is 6.93. The van der Waals surface area contributed by atoms with E-state index in [1.807, 2.05) is 0 Å². The maximum atomic E-state index is 14.7. The molecule has 0 aliphatic carbocycles. The minimum Gasteiger partial charge on any atom is -0.478 e. The van der Waals surface area contributed by atoms with Crippen molar-refractivity contribution in [3.8, 4) is 0 Å².